The van der Waals surface area contributed by atoms with Crippen LogP contribution in [0.25, 0.3) is 11.3 Å². The molecule has 0 amide bonds. The van der Waals surface area contributed by atoms with Crippen LogP contribution in [0.5, 0.6) is 0 Å². The lowest BCUT2D eigenvalue weighted by Gasteiger charge is -2.20. The first-order chi connectivity index (χ1) is 14.4. The van der Waals surface area contributed by atoms with Crippen molar-refractivity contribution in [2.75, 3.05) is 25.6 Å². The number of benzene rings is 1. The molecule has 0 radical (unpaired) electrons. The van der Waals surface area contributed by atoms with Gasteiger partial charge in [0.1, 0.15) is 11.4 Å². The number of carbonyl (C=O) groups excluding carboxylic acids is 3. The van der Waals surface area contributed by atoms with Crippen LogP contribution < -0.4 is 4.90 Å². The van der Waals surface area contributed by atoms with Gasteiger partial charge in [0.05, 0.1) is 23.4 Å². The van der Waals surface area contributed by atoms with E-state index in [9.17, 15) is 14.4 Å². The lowest BCUT2D eigenvalue weighted by atomic mass is 9.84. The molecule has 0 N–H and O–H groups in total. The maximum atomic E-state index is 13.3. The van der Waals surface area contributed by atoms with Gasteiger partial charge in [0, 0.05) is 37.1 Å². The summed E-state index contributed by atoms with van der Waals surface area (Å²) in [6.07, 6.45) is 1.47. The first-order valence-corrected chi connectivity index (χ1v) is 9.46. The number of ketones is 2. The minimum absolute atomic E-state index is 0.0178. The molecule has 0 unspecified atom stereocenters. The van der Waals surface area contributed by atoms with Gasteiger partial charge < -0.3 is 9.64 Å². The number of nitrogens with zero attached hydrogens (tertiary/aromatic N) is 3. The fraction of sp³-hybridized carbons (Fsp3) is 0.174. The molecule has 2 heterocycles. The Bertz CT molecular complexity index is 1180. The minimum atomic E-state index is -0.649. The largest absolute Gasteiger partial charge is 0.461 e. The lowest BCUT2D eigenvalue weighted by Crippen LogP contribution is -2.25. The fourth-order valence-electron chi connectivity index (χ4n) is 3.42. The van der Waals surface area contributed by atoms with Gasteiger partial charge in [0.15, 0.2) is 5.78 Å². The number of anilines is 1. The average Bonchev–Trinajstić information content (AvgIpc) is 2.77. The van der Waals surface area contributed by atoms with E-state index in [1.54, 1.807) is 31.2 Å². The fourth-order valence-corrected chi connectivity index (χ4v) is 3.42. The second-order valence-corrected chi connectivity index (χ2v) is 7.00. The van der Waals surface area contributed by atoms with Crippen molar-refractivity contribution in [1.29, 1.82) is 0 Å². The number of carbonyl (C=O) groups is 3. The van der Waals surface area contributed by atoms with E-state index < -0.39 is 11.8 Å². The zero-order chi connectivity index (χ0) is 21.4. The lowest BCUT2D eigenvalue weighted by molar-refractivity contribution is 0.0519. The maximum Gasteiger partial charge on any atom is 0.356 e. The molecule has 0 saturated heterocycles. The molecule has 0 atom stereocenters. The number of ether oxygens (including phenoxy) is 1. The number of hydrogen-bond donors (Lipinski definition) is 0. The summed E-state index contributed by atoms with van der Waals surface area (Å²) in [4.78, 5) is 49.2. The van der Waals surface area contributed by atoms with E-state index in [0.717, 1.165) is 5.69 Å². The molecule has 0 aliphatic heterocycles. The maximum absolute atomic E-state index is 13.3. The Morgan fingerprint density at radius 2 is 1.73 bits per heavy atom. The number of hydrogen-bond acceptors (Lipinski definition) is 7. The Morgan fingerprint density at radius 1 is 1.00 bits per heavy atom. The van der Waals surface area contributed by atoms with Crippen molar-refractivity contribution >= 4 is 23.2 Å². The summed E-state index contributed by atoms with van der Waals surface area (Å²) in [6, 6.07) is 11.9. The van der Waals surface area contributed by atoms with Crippen LogP contribution in [0.4, 0.5) is 5.69 Å². The highest BCUT2D eigenvalue weighted by Gasteiger charge is 2.35. The molecule has 30 heavy (non-hydrogen) atoms. The van der Waals surface area contributed by atoms with Crippen molar-refractivity contribution in [1.82, 2.24) is 9.97 Å². The van der Waals surface area contributed by atoms with Crippen molar-refractivity contribution in [3.63, 3.8) is 0 Å². The Kier molecular flexibility index (Phi) is 4.87. The van der Waals surface area contributed by atoms with E-state index in [2.05, 4.69) is 9.97 Å². The van der Waals surface area contributed by atoms with Gasteiger partial charge in [-0.15, -0.1) is 0 Å². The molecule has 1 aliphatic carbocycles. The smallest absolute Gasteiger partial charge is 0.356 e. The average molecular weight is 401 g/mol. The summed E-state index contributed by atoms with van der Waals surface area (Å²) in [5.41, 5.74) is 2.40. The standard InChI is InChI=1S/C23H19N3O4/c1-4-30-23(29)17-12-16-18(22(28)20-15(21(16)27)6-5-11-24-20)19(25-17)13-7-9-14(10-8-13)26(2)3/h5-12H,4H2,1-3H3. The van der Waals surface area contributed by atoms with Gasteiger partial charge in [0.2, 0.25) is 5.78 Å². The van der Waals surface area contributed by atoms with Crippen LogP contribution >= 0.6 is 0 Å². The van der Waals surface area contributed by atoms with Crippen LogP contribution in [0.2, 0.25) is 0 Å². The summed E-state index contributed by atoms with van der Waals surface area (Å²) in [5, 5.41) is 0. The number of aromatic nitrogens is 2. The first-order valence-electron chi connectivity index (χ1n) is 9.46. The van der Waals surface area contributed by atoms with Crippen LogP contribution in [0.15, 0.2) is 48.7 Å². The Hall–Kier alpha value is -3.87. The molecule has 7 nitrogen and oxygen atoms in total. The van der Waals surface area contributed by atoms with E-state index in [0.29, 0.717) is 5.56 Å². The van der Waals surface area contributed by atoms with Gasteiger partial charge in [-0.1, -0.05) is 12.1 Å². The third kappa shape index (κ3) is 3.14. The topological polar surface area (TPSA) is 89.5 Å². The third-order valence-corrected chi connectivity index (χ3v) is 4.90. The number of fused-ring (bicyclic) bond motifs is 2. The molecular weight excluding hydrogens is 382 g/mol. The number of pyridine rings is 2. The number of rotatable bonds is 4. The van der Waals surface area contributed by atoms with Crippen molar-refractivity contribution in [2.45, 2.75) is 6.92 Å². The number of esters is 1. The first kappa shape index (κ1) is 19.4. The van der Waals surface area contributed by atoms with Crippen molar-refractivity contribution in [2.24, 2.45) is 0 Å². The summed E-state index contributed by atoms with van der Waals surface area (Å²) < 4.78 is 5.08. The van der Waals surface area contributed by atoms with Gasteiger partial charge in [0.25, 0.3) is 0 Å². The molecule has 150 valence electrons. The highest BCUT2D eigenvalue weighted by Crippen LogP contribution is 2.34. The monoisotopic (exact) mass is 401 g/mol. The van der Waals surface area contributed by atoms with Crippen LogP contribution in [-0.2, 0) is 4.74 Å². The van der Waals surface area contributed by atoms with Crippen molar-refractivity contribution < 1.29 is 19.1 Å². The summed E-state index contributed by atoms with van der Waals surface area (Å²) in [6.45, 7) is 1.86. The predicted molar refractivity (Wildman–Crippen MR) is 111 cm³/mol. The molecule has 7 heteroatoms. The summed E-state index contributed by atoms with van der Waals surface area (Å²) in [7, 11) is 3.84. The normalized spacial score (nSPS) is 12.2. The quantitative estimate of drug-likeness (QED) is 0.485. The Labute approximate surface area is 173 Å². The van der Waals surface area contributed by atoms with Crippen LogP contribution in [0, 0.1) is 0 Å². The second kappa shape index (κ2) is 7.51. The van der Waals surface area contributed by atoms with E-state index >= 15 is 0 Å². The molecule has 0 spiro atoms. The van der Waals surface area contributed by atoms with E-state index in [4.69, 9.17) is 4.74 Å². The van der Waals surface area contributed by atoms with Gasteiger partial charge in [-0.2, -0.15) is 0 Å². The molecule has 4 rings (SSSR count). The molecule has 2 aromatic heterocycles. The Balaban J connectivity index is 1.97. The SMILES string of the molecule is CCOC(=O)c1cc2c(c(-c3ccc(N(C)C)cc3)n1)C(=O)c1ncccc1C2=O. The van der Waals surface area contributed by atoms with E-state index in [1.807, 2.05) is 31.1 Å². The van der Waals surface area contributed by atoms with Crippen molar-refractivity contribution in [3.8, 4) is 11.3 Å². The zero-order valence-corrected chi connectivity index (χ0v) is 16.8. The molecule has 1 aliphatic rings. The minimum Gasteiger partial charge on any atom is -0.461 e. The molecule has 0 fully saturated rings. The molecular formula is C23H19N3O4. The van der Waals surface area contributed by atoms with E-state index in [1.165, 1.54) is 12.3 Å². The molecule has 0 saturated carbocycles. The summed E-state index contributed by atoms with van der Waals surface area (Å²) >= 11 is 0. The van der Waals surface area contributed by atoms with Gasteiger partial charge in [-0.3, -0.25) is 14.6 Å². The van der Waals surface area contributed by atoms with E-state index in [-0.39, 0.29) is 46.2 Å². The van der Waals surface area contributed by atoms with Crippen LogP contribution in [-0.4, -0.2) is 48.2 Å². The highest BCUT2D eigenvalue weighted by molar-refractivity contribution is 6.29. The van der Waals surface area contributed by atoms with Gasteiger partial charge >= 0.3 is 5.97 Å². The van der Waals surface area contributed by atoms with Gasteiger partial charge in [-0.05, 0) is 37.3 Å². The molecule has 0 bridgehead atoms. The van der Waals surface area contributed by atoms with Crippen molar-refractivity contribution in [3.05, 3.63) is 76.7 Å². The highest BCUT2D eigenvalue weighted by atomic mass is 16.5. The van der Waals surface area contributed by atoms with Crippen LogP contribution in [0.1, 0.15) is 49.4 Å². The third-order valence-electron chi connectivity index (χ3n) is 4.90. The van der Waals surface area contributed by atoms with Gasteiger partial charge in [-0.25, -0.2) is 9.78 Å². The molecule has 3 aromatic rings. The molecule has 1 aromatic carbocycles. The van der Waals surface area contributed by atoms with Crippen LogP contribution in [0.3, 0.4) is 0 Å². The second-order valence-electron chi connectivity index (χ2n) is 7.00. The predicted octanol–water partition coefficient (Wildman–Crippen LogP) is 3.16. The Morgan fingerprint density at radius 3 is 2.40 bits per heavy atom. The zero-order valence-electron chi connectivity index (χ0n) is 16.8. The summed E-state index contributed by atoms with van der Waals surface area (Å²) in [5.74, 6) is -1.41.